The molecule has 2 heterocycles. The molecule has 2 aliphatic heterocycles. The number of hydrogen-bond donors (Lipinski definition) is 1. The fourth-order valence-corrected chi connectivity index (χ4v) is 13.1. The molecule has 2 unspecified atom stereocenters. The van der Waals surface area contributed by atoms with Crippen LogP contribution in [0, 0.1) is 56.7 Å². The molecule has 0 aromatic carbocycles. The molecular formula is C32H48O6. The second-order valence-electron chi connectivity index (χ2n) is 16.4. The van der Waals surface area contributed by atoms with Gasteiger partial charge in [0.15, 0.2) is 0 Å². The second-order valence-corrected chi connectivity index (χ2v) is 16.4. The third-order valence-electron chi connectivity index (χ3n) is 14.9. The average molecular weight is 529 g/mol. The molecule has 2 saturated heterocycles. The van der Waals surface area contributed by atoms with Gasteiger partial charge in [0.05, 0.1) is 11.5 Å². The lowest BCUT2D eigenvalue weighted by Gasteiger charge is -2.72. The maximum Gasteiger partial charge on any atom is 0.313 e. The molecule has 5 aliphatic carbocycles. The molecule has 0 spiro atoms. The Kier molecular flexibility index (Phi) is 4.76. The van der Waals surface area contributed by atoms with Crippen LogP contribution in [0.3, 0.4) is 0 Å². The summed E-state index contributed by atoms with van der Waals surface area (Å²) >= 11 is 0. The third kappa shape index (κ3) is 2.52. The fraction of sp³-hybridized carbons (Fsp3) is 0.938. The van der Waals surface area contributed by atoms with E-state index in [4.69, 9.17) is 14.2 Å². The van der Waals surface area contributed by atoms with E-state index in [0.29, 0.717) is 18.3 Å². The van der Waals surface area contributed by atoms with Crippen LogP contribution in [0.1, 0.15) is 107 Å². The van der Waals surface area contributed by atoms with Crippen LogP contribution in [-0.2, 0) is 23.8 Å². The fourth-order valence-electron chi connectivity index (χ4n) is 13.1. The van der Waals surface area contributed by atoms with Crippen molar-refractivity contribution in [1.82, 2.24) is 0 Å². The highest BCUT2D eigenvalue weighted by Crippen LogP contribution is 2.81. The molecule has 7 rings (SSSR count). The van der Waals surface area contributed by atoms with Crippen molar-refractivity contribution in [3.63, 3.8) is 0 Å². The van der Waals surface area contributed by atoms with Crippen LogP contribution in [0.5, 0.6) is 0 Å². The van der Waals surface area contributed by atoms with E-state index in [1.165, 1.54) is 6.92 Å². The highest BCUT2D eigenvalue weighted by atomic mass is 16.7. The third-order valence-corrected chi connectivity index (χ3v) is 14.9. The first-order chi connectivity index (χ1) is 17.5. The van der Waals surface area contributed by atoms with E-state index in [0.717, 1.165) is 44.9 Å². The van der Waals surface area contributed by atoms with Gasteiger partial charge in [0.1, 0.15) is 11.7 Å². The molecule has 1 N–H and O–H groups in total. The average Bonchev–Trinajstić information content (AvgIpc) is 2.89. The van der Waals surface area contributed by atoms with Crippen LogP contribution >= 0.6 is 0 Å². The normalized spacial score (nSPS) is 61.3. The van der Waals surface area contributed by atoms with Crippen molar-refractivity contribution < 1.29 is 28.9 Å². The summed E-state index contributed by atoms with van der Waals surface area (Å²) in [5.41, 5.74) is -1.54. The summed E-state index contributed by atoms with van der Waals surface area (Å²) in [5, 5.41) is 12.1. The van der Waals surface area contributed by atoms with Gasteiger partial charge in [-0.2, -0.15) is 0 Å². The molecule has 0 radical (unpaired) electrons. The van der Waals surface area contributed by atoms with Crippen LogP contribution in [0.15, 0.2) is 0 Å². The zero-order valence-electron chi connectivity index (χ0n) is 24.7. The van der Waals surface area contributed by atoms with Crippen LogP contribution in [0.2, 0.25) is 0 Å². The molecule has 212 valence electrons. The molecule has 6 nitrogen and oxygen atoms in total. The van der Waals surface area contributed by atoms with E-state index in [-0.39, 0.29) is 46.1 Å². The zero-order valence-corrected chi connectivity index (χ0v) is 24.7. The Hall–Kier alpha value is -1.14. The first-order valence-corrected chi connectivity index (χ1v) is 15.3. The number of ether oxygens (including phenoxy) is 3. The van der Waals surface area contributed by atoms with Gasteiger partial charge in [0.2, 0.25) is 5.79 Å². The predicted molar refractivity (Wildman–Crippen MR) is 140 cm³/mol. The van der Waals surface area contributed by atoms with Crippen molar-refractivity contribution in [2.45, 2.75) is 130 Å². The van der Waals surface area contributed by atoms with Crippen molar-refractivity contribution in [2.75, 3.05) is 0 Å². The molecule has 6 bridgehead atoms. The number of aliphatic hydroxyl groups excluding tert-OH is 1. The Morgan fingerprint density at radius 2 is 1.68 bits per heavy atom. The lowest BCUT2D eigenvalue weighted by atomic mass is 9.31. The van der Waals surface area contributed by atoms with Crippen LogP contribution in [0.4, 0.5) is 0 Å². The van der Waals surface area contributed by atoms with Gasteiger partial charge >= 0.3 is 11.9 Å². The zero-order chi connectivity index (χ0) is 27.5. The number of carbonyl (C=O) groups is 2. The predicted octanol–water partition coefficient (Wildman–Crippen LogP) is 5.64. The van der Waals surface area contributed by atoms with E-state index in [1.54, 1.807) is 0 Å². The highest BCUT2D eigenvalue weighted by molar-refractivity contribution is 5.81. The first-order valence-electron chi connectivity index (χ1n) is 15.3. The van der Waals surface area contributed by atoms with Gasteiger partial charge in [-0.25, -0.2) is 0 Å². The summed E-state index contributed by atoms with van der Waals surface area (Å²) in [6.45, 7) is 17.6. The van der Waals surface area contributed by atoms with Crippen molar-refractivity contribution >= 4 is 11.9 Å². The van der Waals surface area contributed by atoms with E-state index < -0.39 is 34.3 Å². The Bertz CT molecular complexity index is 1120. The van der Waals surface area contributed by atoms with Crippen molar-refractivity contribution in [3.05, 3.63) is 0 Å². The summed E-state index contributed by atoms with van der Waals surface area (Å²) < 4.78 is 19.8. The lowest BCUT2D eigenvalue weighted by molar-refractivity contribution is -0.343. The van der Waals surface area contributed by atoms with E-state index in [9.17, 15) is 14.7 Å². The molecule has 7 fully saturated rings. The highest BCUT2D eigenvalue weighted by Gasteiger charge is 2.81. The van der Waals surface area contributed by atoms with Gasteiger partial charge in [0, 0.05) is 24.7 Å². The number of fused-ring (bicyclic) bond motifs is 5. The molecule has 0 amide bonds. The smallest absolute Gasteiger partial charge is 0.313 e. The SMILES string of the molecule is CC(=O)O[C@@]12C[C@@]3(C)C(CC[C@]4(C)C3C[C@@H](O1)[C@@H]1[C@H]3[C@]5(CC[C@@H](C)[C@]3(C)OC5=O)CC[C@]14C)C(C)(C)[C@H]2O. The minimum atomic E-state index is -1.38. The van der Waals surface area contributed by atoms with Crippen LogP contribution in [0.25, 0.3) is 0 Å². The number of hydrogen-bond acceptors (Lipinski definition) is 6. The van der Waals surface area contributed by atoms with Crippen molar-refractivity contribution in [3.8, 4) is 0 Å². The number of rotatable bonds is 1. The summed E-state index contributed by atoms with van der Waals surface area (Å²) in [6.07, 6.45) is 6.26. The monoisotopic (exact) mass is 528 g/mol. The molecule has 0 aromatic rings. The summed E-state index contributed by atoms with van der Waals surface area (Å²) in [5.74, 6) is -0.628. The van der Waals surface area contributed by atoms with Gasteiger partial charge in [-0.3, -0.25) is 9.59 Å². The van der Waals surface area contributed by atoms with E-state index >= 15 is 0 Å². The minimum absolute atomic E-state index is 0.00239. The Labute approximate surface area is 227 Å². The second kappa shape index (κ2) is 7.01. The van der Waals surface area contributed by atoms with Gasteiger partial charge < -0.3 is 19.3 Å². The summed E-state index contributed by atoms with van der Waals surface area (Å²) in [7, 11) is 0. The Morgan fingerprint density at radius 3 is 2.37 bits per heavy atom. The Balaban J connectivity index is 1.47. The van der Waals surface area contributed by atoms with Gasteiger partial charge in [0.25, 0.3) is 0 Å². The molecule has 6 heteroatoms. The van der Waals surface area contributed by atoms with E-state index in [1.807, 2.05) is 0 Å². The van der Waals surface area contributed by atoms with Crippen molar-refractivity contribution in [1.29, 1.82) is 0 Å². The van der Waals surface area contributed by atoms with Crippen LogP contribution in [-0.4, -0.2) is 40.6 Å². The number of aliphatic hydroxyl groups is 1. The standard InChI is InChI=1S/C32H48O6/c1-17-9-12-31-14-13-29(7)22(23(31)30(17,8)38-25(31)35)19-15-21-27(5)16-32(37-19,36-18(2)33)24(34)26(3,4)20(27)10-11-28(21,29)6/h17,19-24,34H,9-16H2,1-8H3/t17-,19-,20?,21?,22-,23-,24-,27+,28-,29-,30+,31+,32+/m1/s1. The maximum absolute atomic E-state index is 13.7. The first kappa shape index (κ1) is 25.8. The van der Waals surface area contributed by atoms with Crippen molar-refractivity contribution in [2.24, 2.45) is 56.7 Å². The minimum Gasteiger partial charge on any atom is -0.458 e. The Morgan fingerprint density at radius 1 is 0.974 bits per heavy atom. The topological polar surface area (TPSA) is 82.1 Å². The lowest BCUT2D eigenvalue weighted by Crippen LogP contribution is -2.70. The summed E-state index contributed by atoms with van der Waals surface area (Å²) in [4.78, 5) is 26.4. The maximum atomic E-state index is 13.7. The van der Waals surface area contributed by atoms with Crippen LogP contribution < -0.4 is 0 Å². The number of esters is 2. The molecular weight excluding hydrogens is 480 g/mol. The molecule has 38 heavy (non-hydrogen) atoms. The largest absolute Gasteiger partial charge is 0.458 e. The molecule has 13 atom stereocenters. The van der Waals surface area contributed by atoms with Gasteiger partial charge in [-0.1, -0.05) is 41.5 Å². The van der Waals surface area contributed by atoms with Gasteiger partial charge in [-0.15, -0.1) is 0 Å². The van der Waals surface area contributed by atoms with Gasteiger partial charge in [-0.05, 0) is 91.8 Å². The number of carbonyl (C=O) groups excluding carboxylic acids is 2. The van der Waals surface area contributed by atoms with E-state index in [2.05, 4.69) is 48.5 Å². The summed E-state index contributed by atoms with van der Waals surface area (Å²) in [6, 6.07) is 0. The molecule has 0 aromatic heterocycles. The molecule has 5 saturated carbocycles. The quantitative estimate of drug-likeness (QED) is 0.444. The molecule has 7 aliphatic rings.